The molecule has 0 aromatic rings. The molecule has 0 radical (unpaired) electrons. The van der Waals surface area contributed by atoms with Gasteiger partial charge in [-0.15, -0.1) is 0 Å². The Bertz CT molecular complexity index is 87.0. The van der Waals surface area contributed by atoms with Crippen molar-refractivity contribution in [1.82, 2.24) is 0 Å². The molecule has 0 heterocycles. The number of nitrogens with zero attached hydrogens (tertiary/aromatic N) is 1. The van der Waals surface area contributed by atoms with Gasteiger partial charge in [-0.1, -0.05) is 32.4 Å². The maximum Gasteiger partial charge on any atom is 0.154 e. The van der Waals surface area contributed by atoms with Crippen LogP contribution in [0.3, 0.4) is 0 Å². The van der Waals surface area contributed by atoms with Crippen LogP contribution in [0.1, 0.15) is 40.0 Å². The molecule has 0 bridgehead atoms. The molecule has 0 spiro atoms. The largest absolute Gasteiger partial charge is 0.311 e. The van der Waals surface area contributed by atoms with Crippen molar-refractivity contribution in [1.29, 1.82) is 0 Å². The Hall–Kier alpha value is 0.250. The SMILES string of the molecule is CCC[N+](CCl)(CCC)CCC. The van der Waals surface area contributed by atoms with E-state index in [2.05, 4.69) is 20.8 Å². The van der Waals surface area contributed by atoms with Crippen molar-refractivity contribution in [3.8, 4) is 0 Å². The molecular formula is C10H23ClN+. The predicted molar refractivity (Wildman–Crippen MR) is 56.5 cm³/mol. The van der Waals surface area contributed by atoms with Gasteiger partial charge >= 0.3 is 0 Å². The van der Waals surface area contributed by atoms with Crippen LogP contribution in [0, 0.1) is 0 Å². The highest BCUT2D eigenvalue weighted by molar-refractivity contribution is 6.16. The van der Waals surface area contributed by atoms with Crippen LogP contribution in [-0.2, 0) is 0 Å². The normalized spacial score (nSPS) is 12.0. The summed E-state index contributed by atoms with van der Waals surface area (Å²) < 4.78 is 1.12. The van der Waals surface area contributed by atoms with Gasteiger partial charge in [0, 0.05) is 0 Å². The van der Waals surface area contributed by atoms with Crippen LogP contribution in [0.15, 0.2) is 0 Å². The zero-order chi connectivity index (χ0) is 9.45. The Morgan fingerprint density at radius 1 is 0.833 bits per heavy atom. The van der Waals surface area contributed by atoms with Gasteiger partial charge in [0.1, 0.15) is 0 Å². The topological polar surface area (TPSA) is 0 Å². The molecule has 74 valence electrons. The van der Waals surface area contributed by atoms with Crippen LogP contribution in [0.5, 0.6) is 0 Å². The highest BCUT2D eigenvalue weighted by Gasteiger charge is 2.22. The van der Waals surface area contributed by atoms with Gasteiger partial charge in [-0.25, -0.2) is 0 Å². The molecular weight excluding hydrogens is 170 g/mol. The van der Waals surface area contributed by atoms with Crippen LogP contribution in [-0.4, -0.2) is 30.1 Å². The van der Waals surface area contributed by atoms with E-state index in [4.69, 9.17) is 11.6 Å². The average molecular weight is 193 g/mol. The molecule has 0 aromatic heterocycles. The summed E-state index contributed by atoms with van der Waals surface area (Å²) in [5, 5.41) is 0. The fourth-order valence-corrected chi connectivity index (χ4v) is 2.30. The molecule has 0 aliphatic heterocycles. The van der Waals surface area contributed by atoms with Gasteiger partial charge in [0.25, 0.3) is 0 Å². The molecule has 0 aliphatic carbocycles. The van der Waals surface area contributed by atoms with Crippen LogP contribution >= 0.6 is 11.6 Å². The first-order chi connectivity index (χ1) is 5.74. The zero-order valence-corrected chi connectivity index (χ0v) is 9.53. The van der Waals surface area contributed by atoms with E-state index >= 15 is 0 Å². The molecule has 0 saturated heterocycles. The quantitative estimate of drug-likeness (QED) is 0.330. The summed E-state index contributed by atoms with van der Waals surface area (Å²) in [5.74, 6) is 0. The van der Waals surface area contributed by atoms with E-state index in [1.54, 1.807) is 0 Å². The predicted octanol–water partition coefficient (Wildman–Crippen LogP) is 3.23. The number of quaternary nitrogens is 1. The third-order valence-electron chi connectivity index (χ3n) is 2.35. The van der Waals surface area contributed by atoms with Crippen molar-refractivity contribution in [2.24, 2.45) is 0 Å². The van der Waals surface area contributed by atoms with Gasteiger partial charge in [-0.2, -0.15) is 0 Å². The van der Waals surface area contributed by atoms with E-state index in [-0.39, 0.29) is 0 Å². The minimum absolute atomic E-state index is 0.787. The summed E-state index contributed by atoms with van der Waals surface area (Å²) in [6.07, 6.45) is 3.73. The molecule has 0 aromatic carbocycles. The summed E-state index contributed by atoms with van der Waals surface area (Å²) >= 11 is 6.03. The molecule has 0 fully saturated rings. The summed E-state index contributed by atoms with van der Waals surface area (Å²) in [4.78, 5) is 0. The molecule has 2 heteroatoms. The maximum absolute atomic E-state index is 6.03. The average Bonchev–Trinajstić information content (AvgIpc) is 2.06. The maximum atomic E-state index is 6.03. The number of hydrogen-bond acceptors (Lipinski definition) is 0. The number of rotatable bonds is 7. The van der Waals surface area contributed by atoms with E-state index < -0.39 is 0 Å². The van der Waals surface area contributed by atoms with E-state index in [0.29, 0.717) is 0 Å². The van der Waals surface area contributed by atoms with Crippen molar-refractivity contribution >= 4 is 11.6 Å². The first-order valence-electron chi connectivity index (χ1n) is 5.15. The number of hydrogen-bond donors (Lipinski definition) is 0. The minimum atomic E-state index is 0.787. The van der Waals surface area contributed by atoms with E-state index in [0.717, 1.165) is 10.5 Å². The van der Waals surface area contributed by atoms with Crippen molar-refractivity contribution < 1.29 is 4.48 Å². The first-order valence-corrected chi connectivity index (χ1v) is 5.69. The lowest BCUT2D eigenvalue weighted by atomic mass is 10.2. The third kappa shape index (κ3) is 3.77. The van der Waals surface area contributed by atoms with Gasteiger partial charge in [0.05, 0.1) is 19.6 Å². The molecule has 0 rings (SSSR count). The molecule has 1 nitrogen and oxygen atoms in total. The summed E-state index contributed by atoms with van der Waals surface area (Å²) in [5.41, 5.74) is 0. The standard InChI is InChI=1S/C10H23ClN/c1-4-7-12(10-11,8-5-2)9-6-3/h4-10H2,1-3H3/q+1. The number of halogens is 1. The van der Waals surface area contributed by atoms with Crippen molar-refractivity contribution in [3.63, 3.8) is 0 Å². The zero-order valence-electron chi connectivity index (χ0n) is 8.77. The van der Waals surface area contributed by atoms with Gasteiger partial charge in [0.2, 0.25) is 0 Å². The summed E-state index contributed by atoms with van der Waals surface area (Å²) in [6, 6.07) is 0.787. The van der Waals surface area contributed by atoms with E-state index in [1.807, 2.05) is 0 Å². The molecule has 0 N–H and O–H groups in total. The molecule has 0 saturated carbocycles. The lowest BCUT2D eigenvalue weighted by Crippen LogP contribution is -2.48. The van der Waals surface area contributed by atoms with Crippen LogP contribution < -0.4 is 0 Å². The van der Waals surface area contributed by atoms with Gasteiger partial charge in [-0.3, -0.25) is 0 Å². The van der Waals surface area contributed by atoms with Gasteiger partial charge in [-0.05, 0) is 19.3 Å². The lowest BCUT2D eigenvalue weighted by Gasteiger charge is -2.36. The van der Waals surface area contributed by atoms with E-state index in [9.17, 15) is 0 Å². The summed E-state index contributed by atoms with van der Waals surface area (Å²) in [6.45, 7) is 10.4. The van der Waals surface area contributed by atoms with Crippen molar-refractivity contribution in [2.45, 2.75) is 40.0 Å². The van der Waals surface area contributed by atoms with Crippen molar-refractivity contribution in [3.05, 3.63) is 0 Å². The fourth-order valence-electron chi connectivity index (χ4n) is 1.94. The van der Waals surface area contributed by atoms with Crippen molar-refractivity contribution in [2.75, 3.05) is 25.6 Å². The van der Waals surface area contributed by atoms with Gasteiger partial charge < -0.3 is 4.48 Å². The number of alkyl halides is 1. The molecule has 12 heavy (non-hydrogen) atoms. The Labute approximate surface area is 82.3 Å². The Balaban J connectivity index is 4.06. The first kappa shape index (κ1) is 12.2. The summed E-state index contributed by atoms with van der Waals surface area (Å²) in [7, 11) is 0. The third-order valence-corrected chi connectivity index (χ3v) is 2.85. The smallest absolute Gasteiger partial charge is 0.154 e. The monoisotopic (exact) mass is 192 g/mol. The Morgan fingerprint density at radius 2 is 1.17 bits per heavy atom. The van der Waals surface area contributed by atoms with Crippen LogP contribution in [0.4, 0.5) is 0 Å². The fraction of sp³-hybridized carbons (Fsp3) is 1.00. The molecule has 0 amide bonds. The highest BCUT2D eigenvalue weighted by atomic mass is 35.5. The second-order valence-electron chi connectivity index (χ2n) is 3.63. The van der Waals surface area contributed by atoms with E-state index in [1.165, 1.54) is 38.9 Å². The Kier molecular flexibility index (Phi) is 6.87. The highest BCUT2D eigenvalue weighted by Crippen LogP contribution is 2.12. The Morgan fingerprint density at radius 3 is 1.33 bits per heavy atom. The van der Waals surface area contributed by atoms with Gasteiger partial charge in [0.15, 0.2) is 6.00 Å². The minimum Gasteiger partial charge on any atom is -0.311 e. The molecule has 0 unspecified atom stereocenters. The molecule has 0 aliphatic rings. The second-order valence-corrected chi connectivity index (χ2v) is 3.87. The molecule has 0 atom stereocenters. The van der Waals surface area contributed by atoms with Crippen LogP contribution in [0.2, 0.25) is 0 Å². The van der Waals surface area contributed by atoms with Crippen LogP contribution in [0.25, 0.3) is 0 Å². The second kappa shape index (κ2) is 6.73. The lowest BCUT2D eigenvalue weighted by molar-refractivity contribution is -0.918.